The highest BCUT2D eigenvalue weighted by molar-refractivity contribution is 6.36. The van der Waals surface area contributed by atoms with Crippen LogP contribution in [-0.2, 0) is 9.59 Å². The predicted molar refractivity (Wildman–Crippen MR) is 107 cm³/mol. The summed E-state index contributed by atoms with van der Waals surface area (Å²) in [5.74, 6) is -2.99. The number of benzene rings is 2. The fourth-order valence-corrected chi connectivity index (χ4v) is 3.39. The molecule has 2 aromatic carbocycles. The molecule has 0 aliphatic heterocycles. The molecule has 2 N–H and O–H groups in total. The van der Waals surface area contributed by atoms with Crippen LogP contribution in [-0.4, -0.2) is 35.4 Å². The smallest absolute Gasteiger partial charge is 0.341 e. The summed E-state index contributed by atoms with van der Waals surface area (Å²) >= 11 is 24.0. The zero-order valence-electron chi connectivity index (χ0n) is 14.1. The van der Waals surface area contributed by atoms with E-state index in [9.17, 15) is 14.7 Å². The molecule has 0 amide bonds. The van der Waals surface area contributed by atoms with Gasteiger partial charge in [0.2, 0.25) is 0 Å². The van der Waals surface area contributed by atoms with Crippen molar-refractivity contribution in [1.29, 1.82) is 0 Å². The molecule has 0 saturated heterocycles. The van der Waals surface area contributed by atoms with E-state index in [1.165, 1.54) is 18.2 Å². The van der Waals surface area contributed by atoms with Crippen LogP contribution in [0.4, 0.5) is 0 Å². The minimum Gasteiger partial charge on any atom is -0.492 e. The van der Waals surface area contributed by atoms with Crippen LogP contribution >= 0.6 is 46.4 Å². The van der Waals surface area contributed by atoms with Crippen molar-refractivity contribution in [3.8, 4) is 11.5 Å². The van der Waals surface area contributed by atoms with Crippen LogP contribution in [0, 0.1) is 0 Å². The fraction of sp³-hybridized carbons (Fsp3) is 0.222. The quantitative estimate of drug-likeness (QED) is 0.512. The zero-order valence-corrected chi connectivity index (χ0v) is 17.1. The molecule has 0 fully saturated rings. The summed E-state index contributed by atoms with van der Waals surface area (Å²) in [5.41, 5.74) is 0.227. The standard InChI is InChI=1S/C18H14Cl4O6/c19-9-1-2-15(13(21)5-9)27-4-3-10(18(25)26)11-6-16(28-8-17(23)24)14(22)7-12(11)20/h1-2,5-7,10H,3-4,8H2,(H,23,24)(H,25,26). The third-order valence-electron chi connectivity index (χ3n) is 3.63. The molecule has 0 aromatic heterocycles. The Morgan fingerprint density at radius 2 is 1.57 bits per heavy atom. The number of ether oxygens (including phenoxy) is 2. The average Bonchev–Trinajstić information content (AvgIpc) is 2.60. The second-order valence-electron chi connectivity index (χ2n) is 5.59. The van der Waals surface area contributed by atoms with Gasteiger partial charge in [0.05, 0.1) is 22.6 Å². The summed E-state index contributed by atoms with van der Waals surface area (Å²) in [6.45, 7) is -0.598. The summed E-state index contributed by atoms with van der Waals surface area (Å²) < 4.78 is 10.6. The van der Waals surface area contributed by atoms with Crippen molar-refractivity contribution in [2.24, 2.45) is 0 Å². The Hall–Kier alpha value is -1.86. The Balaban J connectivity index is 2.17. The van der Waals surface area contributed by atoms with Gasteiger partial charge in [0, 0.05) is 10.0 Å². The number of halogens is 4. The Labute approximate surface area is 180 Å². The van der Waals surface area contributed by atoms with E-state index in [1.54, 1.807) is 12.1 Å². The van der Waals surface area contributed by atoms with Crippen LogP contribution in [0.2, 0.25) is 20.1 Å². The first-order valence-electron chi connectivity index (χ1n) is 7.83. The monoisotopic (exact) mass is 466 g/mol. The molecular weight excluding hydrogens is 454 g/mol. The highest BCUT2D eigenvalue weighted by Crippen LogP contribution is 2.36. The van der Waals surface area contributed by atoms with Gasteiger partial charge in [-0.2, -0.15) is 0 Å². The van der Waals surface area contributed by atoms with Crippen molar-refractivity contribution in [3.05, 3.63) is 56.0 Å². The number of hydrogen-bond acceptors (Lipinski definition) is 4. The first-order valence-corrected chi connectivity index (χ1v) is 9.34. The molecular formula is C18H14Cl4O6. The lowest BCUT2D eigenvalue weighted by molar-refractivity contribution is -0.140. The molecule has 2 aromatic rings. The summed E-state index contributed by atoms with van der Waals surface area (Å²) in [4.78, 5) is 22.4. The van der Waals surface area contributed by atoms with Gasteiger partial charge in [0.1, 0.15) is 11.5 Å². The van der Waals surface area contributed by atoms with E-state index in [0.717, 1.165) is 0 Å². The van der Waals surface area contributed by atoms with Crippen LogP contribution in [0.15, 0.2) is 30.3 Å². The SMILES string of the molecule is O=C(O)COc1cc(C(CCOc2ccc(Cl)cc2Cl)C(=O)O)c(Cl)cc1Cl. The van der Waals surface area contributed by atoms with E-state index < -0.39 is 24.5 Å². The Kier molecular flexibility index (Phi) is 8.07. The number of carbonyl (C=O) groups is 2. The number of hydrogen-bond donors (Lipinski definition) is 2. The van der Waals surface area contributed by atoms with Gasteiger partial charge in [-0.05, 0) is 42.3 Å². The normalized spacial score (nSPS) is 11.7. The molecule has 0 saturated carbocycles. The van der Waals surface area contributed by atoms with Gasteiger partial charge in [-0.3, -0.25) is 4.79 Å². The summed E-state index contributed by atoms with van der Waals surface area (Å²) in [6, 6.07) is 7.31. The molecule has 0 heterocycles. The molecule has 0 radical (unpaired) electrons. The van der Waals surface area contributed by atoms with E-state index >= 15 is 0 Å². The zero-order chi connectivity index (χ0) is 20.8. The van der Waals surface area contributed by atoms with Crippen molar-refractivity contribution >= 4 is 58.3 Å². The van der Waals surface area contributed by atoms with Gasteiger partial charge in [-0.15, -0.1) is 0 Å². The van der Waals surface area contributed by atoms with Gasteiger partial charge in [-0.1, -0.05) is 46.4 Å². The largest absolute Gasteiger partial charge is 0.492 e. The predicted octanol–water partition coefficient (Wildman–Crippen LogP) is 5.40. The highest BCUT2D eigenvalue weighted by Gasteiger charge is 2.24. The fourth-order valence-electron chi connectivity index (χ4n) is 2.35. The maximum absolute atomic E-state index is 11.7. The van der Waals surface area contributed by atoms with Crippen molar-refractivity contribution in [3.63, 3.8) is 0 Å². The first kappa shape index (κ1) is 22.4. The molecule has 0 aliphatic carbocycles. The molecule has 2 rings (SSSR count). The van der Waals surface area contributed by atoms with Gasteiger partial charge >= 0.3 is 11.9 Å². The number of aliphatic carboxylic acids is 2. The van der Waals surface area contributed by atoms with E-state index in [0.29, 0.717) is 15.8 Å². The molecule has 10 heteroatoms. The lowest BCUT2D eigenvalue weighted by atomic mass is 9.96. The summed E-state index contributed by atoms with van der Waals surface area (Å²) in [7, 11) is 0. The molecule has 28 heavy (non-hydrogen) atoms. The molecule has 1 unspecified atom stereocenters. The van der Waals surface area contributed by atoms with Crippen molar-refractivity contribution in [1.82, 2.24) is 0 Å². The van der Waals surface area contributed by atoms with Crippen molar-refractivity contribution in [2.75, 3.05) is 13.2 Å². The minimum absolute atomic E-state index is 0.0244. The molecule has 6 nitrogen and oxygen atoms in total. The van der Waals surface area contributed by atoms with E-state index in [4.69, 9.17) is 61.0 Å². The van der Waals surface area contributed by atoms with Gasteiger partial charge in [-0.25, -0.2) is 4.79 Å². The molecule has 0 aliphatic rings. The maximum atomic E-state index is 11.7. The van der Waals surface area contributed by atoms with Crippen LogP contribution in [0.1, 0.15) is 17.9 Å². The van der Waals surface area contributed by atoms with E-state index in [2.05, 4.69) is 0 Å². The van der Waals surface area contributed by atoms with Crippen LogP contribution in [0.25, 0.3) is 0 Å². The second kappa shape index (κ2) is 10.1. The third kappa shape index (κ3) is 6.07. The summed E-state index contributed by atoms with van der Waals surface area (Å²) in [5, 5.41) is 19.3. The minimum atomic E-state index is -1.20. The Morgan fingerprint density at radius 3 is 2.18 bits per heavy atom. The van der Waals surface area contributed by atoms with Gasteiger partial charge in [0.25, 0.3) is 0 Å². The topological polar surface area (TPSA) is 93.1 Å². The average molecular weight is 468 g/mol. The van der Waals surface area contributed by atoms with E-state index in [1.807, 2.05) is 0 Å². The van der Waals surface area contributed by atoms with Crippen LogP contribution in [0.3, 0.4) is 0 Å². The van der Waals surface area contributed by atoms with Gasteiger partial charge in [0.15, 0.2) is 6.61 Å². The van der Waals surface area contributed by atoms with Crippen molar-refractivity contribution in [2.45, 2.75) is 12.3 Å². The number of carboxylic acids is 2. The molecule has 0 spiro atoms. The van der Waals surface area contributed by atoms with Crippen LogP contribution in [0.5, 0.6) is 11.5 Å². The van der Waals surface area contributed by atoms with Crippen LogP contribution < -0.4 is 9.47 Å². The maximum Gasteiger partial charge on any atom is 0.341 e. The lowest BCUT2D eigenvalue weighted by Gasteiger charge is -2.17. The number of carboxylic acid groups (broad SMARTS) is 2. The highest BCUT2D eigenvalue weighted by atomic mass is 35.5. The first-order chi connectivity index (χ1) is 13.2. The Bertz CT molecular complexity index is 887. The lowest BCUT2D eigenvalue weighted by Crippen LogP contribution is -2.16. The third-order valence-corrected chi connectivity index (χ3v) is 4.79. The molecule has 1 atom stereocenters. The molecule has 0 bridgehead atoms. The summed E-state index contributed by atoms with van der Waals surface area (Å²) in [6.07, 6.45) is 0.0635. The number of rotatable bonds is 9. The second-order valence-corrected chi connectivity index (χ2v) is 7.25. The van der Waals surface area contributed by atoms with Gasteiger partial charge < -0.3 is 19.7 Å². The molecule has 150 valence electrons. The Morgan fingerprint density at radius 1 is 0.893 bits per heavy atom. The van der Waals surface area contributed by atoms with E-state index in [-0.39, 0.29) is 34.4 Å². The van der Waals surface area contributed by atoms with Crippen molar-refractivity contribution < 1.29 is 29.3 Å².